The Bertz CT molecular complexity index is 725. The van der Waals surface area contributed by atoms with Gasteiger partial charge >= 0.3 is 6.18 Å². The Morgan fingerprint density at radius 2 is 1.78 bits per heavy atom. The van der Waals surface area contributed by atoms with Crippen LogP contribution in [0, 0.1) is 0 Å². The molecular weight excluding hydrogens is 353 g/mol. The fraction of sp³-hybridized carbons (Fsp3) is 0.429. The lowest BCUT2D eigenvalue weighted by Gasteiger charge is -2.28. The van der Waals surface area contributed by atoms with Crippen LogP contribution in [-0.2, 0) is 12.7 Å². The molecule has 0 radical (unpaired) electrons. The van der Waals surface area contributed by atoms with Gasteiger partial charge in [-0.1, -0.05) is 30.3 Å². The van der Waals surface area contributed by atoms with Crippen molar-refractivity contribution in [3.05, 3.63) is 65.2 Å². The zero-order valence-corrected chi connectivity index (χ0v) is 15.4. The smallest absolute Gasteiger partial charge is 0.416 e. The van der Waals surface area contributed by atoms with Gasteiger partial charge in [0.05, 0.1) is 12.7 Å². The molecule has 1 unspecified atom stereocenters. The molecule has 1 fully saturated rings. The van der Waals surface area contributed by atoms with Crippen molar-refractivity contribution in [2.24, 2.45) is 0 Å². The first kappa shape index (κ1) is 19.7. The number of rotatable bonds is 7. The van der Waals surface area contributed by atoms with Crippen LogP contribution in [0.3, 0.4) is 0 Å². The Morgan fingerprint density at radius 1 is 1.07 bits per heavy atom. The average molecular weight is 378 g/mol. The van der Waals surface area contributed by atoms with Gasteiger partial charge in [0.2, 0.25) is 0 Å². The maximum absolute atomic E-state index is 12.9. The first-order valence-corrected chi connectivity index (χ1v) is 9.22. The van der Waals surface area contributed by atoms with Crippen LogP contribution in [0.15, 0.2) is 48.5 Å². The molecule has 3 nitrogen and oxygen atoms in total. The molecule has 1 saturated heterocycles. The van der Waals surface area contributed by atoms with E-state index in [-0.39, 0.29) is 6.04 Å². The zero-order valence-electron chi connectivity index (χ0n) is 15.4. The Morgan fingerprint density at radius 3 is 2.41 bits per heavy atom. The summed E-state index contributed by atoms with van der Waals surface area (Å²) in [6, 6.07) is 13.7. The fourth-order valence-corrected chi connectivity index (χ4v) is 3.55. The van der Waals surface area contributed by atoms with Crippen molar-refractivity contribution in [1.29, 1.82) is 0 Å². The Labute approximate surface area is 158 Å². The normalized spacial score (nSPS) is 16.4. The number of methoxy groups -OCH3 is 1. The third kappa shape index (κ3) is 5.23. The second kappa shape index (κ2) is 8.76. The summed E-state index contributed by atoms with van der Waals surface area (Å²) in [5.41, 5.74) is 1.22. The summed E-state index contributed by atoms with van der Waals surface area (Å²) < 4.78 is 43.8. The topological polar surface area (TPSA) is 24.5 Å². The minimum absolute atomic E-state index is 0.198. The number of ether oxygens (including phenoxy) is 1. The lowest BCUT2D eigenvalue weighted by molar-refractivity contribution is -0.137. The van der Waals surface area contributed by atoms with Crippen molar-refractivity contribution in [1.82, 2.24) is 10.2 Å². The highest BCUT2D eigenvalue weighted by Crippen LogP contribution is 2.30. The lowest BCUT2D eigenvalue weighted by atomic mass is 10.0. The Kier molecular flexibility index (Phi) is 6.39. The van der Waals surface area contributed by atoms with Gasteiger partial charge in [0.1, 0.15) is 5.75 Å². The van der Waals surface area contributed by atoms with Crippen LogP contribution in [0.1, 0.15) is 35.6 Å². The zero-order chi connectivity index (χ0) is 19.3. The molecule has 2 aromatic carbocycles. The van der Waals surface area contributed by atoms with Crippen molar-refractivity contribution in [2.75, 3.05) is 26.7 Å². The molecule has 6 heteroatoms. The molecular formula is C21H25F3N2O. The maximum Gasteiger partial charge on any atom is 0.416 e. The second-order valence-corrected chi connectivity index (χ2v) is 6.86. The van der Waals surface area contributed by atoms with Crippen LogP contribution < -0.4 is 10.1 Å². The molecule has 3 rings (SSSR count). The van der Waals surface area contributed by atoms with Gasteiger partial charge in [0.15, 0.2) is 0 Å². The molecule has 0 spiro atoms. The van der Waals surface area contributed by atoms with Crippen molar-refractivity contribution < 1.29 is 17.9 Å². The molecule has 1 N–H and O–H groups in total. The number of hydrogen-bond donors (Lipinski definition) is 1. The van der Waals surface area contributed by atoms with Crippen LogP contribution >= 0.6 is 0 Å². The van der Waals surface area contributed by atoms with Crippen molar-refractivity contribution >= 4 is 0 Å². The number of likely N-dealkylation sites (tertiary alicyclic amines) is 1. The summed E-state index contributed by atoms with van der Waals surface area (Å²) in [6.45, 7) is 3.18. The third-order valence-corrected chi connectivity index (χ3v) is 5.00. The van der Waals surface area contributed by atoms with E-state index >= 15 is 0 Å². The van der Waals surface area contributed by atoms with E-state index in [2.05, 4.69) is 22.3 Å². The van der Waals surface area contributed by atoms with E-state index in [0.717, 1.165) is 24.9 Å². The number of alkyl halides is 3. The number of nitrogens with zero attached hydrogens (tertiary/aromatic N) is 1. The molecule has 0 bridgehead atoms. The fourth-order valence-electron chi connectivity index (χ4n) is 3.55. The number of benzene rings is 2. The standard InChI is InChI=1S/C21H25F3N2O/c1-27-19-9-7-17(8-10-19)20(26-11-2-3-12-26)15-25-14-16-5-4-6-18(13-16)21(22,23)24/h4-10,13,20,25H,2-3,11-12,14-15H2,1H3. The monoisotopic (exact) mass is 378 g/mol. The highest BCUT2D eigenvalue weighted by molar-refractivity contribution is 5.30. The molecule has 2 aromatic rings. The molecule has 0 saturated carbocycles. The van der Waals surface area contributed by atoms with E-state index in [1.165, 1.54) is 30.5 Å². The number of nitrogens with one attached hydrogen (secondary N) is 1. The van der Waals surface area contributed by atoms with Crippen molar-refractivity contribution in [3.63, 3.8) is 0 Å². The van der Waals surface area contributed by atoms with Crippen LogP contribution in [0.2, 0.25) is 0 Å². The summed E-state index contributed by atoms with van der Waals surface area (Å²) >= 11 is 0. The van der Waals surface area contributed by atoms with Crippen molar-refractivity contribution in [3.8, 4) is 5.75 Å². The van der Waals surface area contributed by atoms with Crippen LogP contribution in [0.25, 0.3) is 0 Å². The molecule has 1 atom stereocenters. The van der Waals surface area contributed by atoms with E-state index in [1.54, 1.807) is 13.2 Å². The molecule has 0 aliphatic carbocycles. The van der Waals surface area contributed by atoms with E-state index in [4.69, 9.17) is 4.74 Å². The molecule has 146 valence electrons. The number of halogens is 3. The van der Waals surface area contributed by atoms with E-state index in [0.29, 0.717) is 18.7 Å². The molecule has 1 heterocycles. The molecule has 1 aliphatic rings. The van der Waals surface area contributed by atoms with Gasteiger partial charge in [-0.15, -0.1) is 0 Å². The predicted octanol–water partition coefficient (Wildman–Crippen LogP) is 4.64. The number of hydrogen-bond acceptors (Lipinski definition) is 3. The van der Waals surface area contributed by atoms with Crippen LogP contribution in [-0.4, -0.2) is 31.6 Å². The highest BCUT2D eigenvalue weighted by atomic mass is 19.4. The van der Waals surface area contributed by atoms with Crippen LogP contribution in [0.5, 0.6) is 5.75 Å². The SMILES string of the molecule is COc1ccc(C(CNCc2cccc(C(F)(F)F)c2)N2CCCC2)cc1. The third-order valence-electron chi connectivity index (χ3n) is 5.00. The van der Waals surface area contributed by atoms with Gasteiger partial charge in [-0.05, 0) is 55.3 Å². The van der Waals surface area contributed by atoms with Gasteiger partial charge in [-0.3, -0.25) is 4.90 Å². The minimum Gasteiger partial charge on any atom is -0.497 e. The molecule has 0 aromatic heterocycles. The molecule has 27 heavy (non-hydrogen) atoms. The van der Waals surface area contributed by atoms with Crippen LogP contribution in [0.4, 0.5) is 13.2 Å². The second-order valence-electron chi connectivity index (χ2n) is 6.86. The van der Waals surface area contributed by atoms with Crippen molar-refractivity contribution in [2.45, 2.75) is 31.6 Å². The van der Waals surface area contributed by atoms with E-state index in [1.807, 2.05) is 12.1 Å². The van der Waals surface area contributed by atoms with Gasteiger partial charge in [-0.2, -0.15) is 13.2 Å². The van der Waals surface area contributed by atoms with Gasteiger partial charge in [0.25, 0.3) is 0 Å². The van der Waals surface area contributed by atoms with Gasteiger partial charge < -0.3 is 10.1 Å². The maximum atomic E-state index is 12.9. The van der Waals surface area contributed by atoms with Gasteiger partial charge in [0, 0.05) is 19.1 Å². The first-order valence-electron chi connectivity index (χ1n) is 9.22. The predicted molar refractivity (Wildman–Crippen MR) is 99.7 cm³/mol. The minimum atomic E-state index is -4.31. The highest BCUT2D eigenvalue weighted by Gasteiger charge is 2.30. The summed E-state index contributed by atoms with van der Waals surface area (Å²) in [7, 11) is 1.64. The Balaban J connectivity index is 1.66. The lowest BCUT2D eigenvalue weighted by Crippen LogP contribution is -2.34. The largest absolute Gasteiger partial charge is 0.497 e. The van der Waals surface area contributed by atoms with E-state index < -0.39 is 11.7 Å². The molecule has 1 aliphatic heterocycles. The average Bonchev–Trinajstić information content (AvgIpc) is 3.19. The summed E-state index contributed by atoms with van der Waals surface area (Å²) in [6.07, 6.45) is -1.95. The van der Waals surface area contributed by atoms with E-state index in [9.17, 15) is 13.2 Å². The summed E-state index contributed by atoms with van der Waals surface area (Å²) in [4.78, 5) is 2.43. The summed E-state index contributed by atoms with van der Waals surface area (Å²) in [5.74, 6) is 0.816. The summed E-state index contributed by atoms with van der Waals surface area (Å²) in [5, 5.41) is 3.34. The first-order chi connectivity index (χ1) is 13.0. The quantitative estimate of drug-likeness (QED) is 0.760. The Hall–Kier alpha value is -2.05. The molecule has 0 amide bonds. The van der Waals surface area contributed by atoms with Gasteiger partial charge in [-0.25, -0.2) is 0 Å².